The predicted octanol–water partition coefficient (Wildman–Crippen LogP) is 3.21. The van der Waals surface area contributed by atoms with E-state index in [-0.39, 0.29) is 19.1 Å². The van der Waals surface area contributed by atoms with Crippen LogP contribution < -0.4 is 4.74 Å². The maximum absolute atomic E-state index is 13.4. The molecule has 112 valence electrons. The Morgan fingerprint density at radius 1 is 1.15 bits per heavy atom. The molecular weight excluding hydrogens is 280 g/mol. The lowest BCUT2D eigenvalue weighted by molar-refractivity contribution is -0.145. The molecule has 0 aliphatic carbocycles. The number of carbonyl (C=O) groups is 1. The summed E-state index contributed by atoms with van der Waals surface area (Å²) in [4.78, 5) is 11.8. The first kappa shape index (κ1) is 16.4. The van der Waals surface area contributed by atoms with Gasteiger partial charge in [0.1, 0.15) is 0 Å². The normalized spacial score (nSPS) is 11.6. The molecular formula is C13H14F4O3. The highest BCUT2D eigenvalue weighted by Gasteiger charge is 2.32. The van der Waals surface area contributed by atoms with Crippen molar-refractivity contribution in [3.8, 4) is 5.75 Å². The third kappa shape index (κ3) is 3.47. The van der Waals surface area contributed by atoms with E-state index in [1.165, 1.54) is 21.0 Å². The average molecular weight is 294 g/mol. The van der Waals surface area contributed by atoms with Crippen molar-refractivity contribution in [3.05, 3.63) is 29.3 Å². The minimum absolute atomic E-state index is 0.0398. The van der Waals surface area contributed by atoms with Gasteiger partial charge in [0.25, 0.3) is 0 Å². The van der Waals surface area contributed by atoms with Crippen LogP contribution in [0, 0.1) is 28.7 Å². The van der Waals surface area contributed by atoms with Gasteiger partial charge in [-0.15, -0.1) is 0 Å². The monoisotopic (exact) mass is 294 g/mol. The first-order valence-corrected chi connectivity index (χ1v) is 5.75. The van der Waals surface area contributed by atoms with Gasteiger partial charge < -0.3 is 9.47 Å². The van der Waals surface area contributed by atoms with Crippen LogP contribution in [0.3, 0.4) is 0 Å². The fourth-order valence-electron chi connectivity index (χ4n) is 1.33. The van der Waals surface area contributed by atoms with Gasteiger partial charge in [-0.1, -0.05) is 0 Å². The summed E-state index contributed by atoms with van der Waals surface area (Å²) < 4.78 is 61.9. The molecule has 0 saturated carbocycles. The van der Waals surface area contributed by atoms with E-state index in [0.717, 1.165) is 0 Å². The number of ether oxygens (including phenoxy) is 2. The third-order valence-electron chi connectivity index (χ3n) is 2.75. The zero-order chi connectivity index (χ0) is 15.5. The molecule has 0 aliphatic rings. The summed E-state index contributed by atoms with van der Waals surface area (Å²) in [6.45, 7) is 3.13. The molecule has 0 atom stereocenters. The molecule has 0 amide bonds. The smallest absolute Gasteiger partial charge is 0.317 e. The molecule has 1 rings (SSSR count). The molecule has 0 spiro atoms. The summed E-state index contributed by atoms with van der Waals surface area (Å²) in [6, 6.07) is 0.0398. The zero-order valence-electron chi connectivity index (χ0n) is 11.2. The van der Waals surface area contributed by atoms with E-state index in [2.05, 4.69) is 4.74 Å². The summed E-state index contributed by atoms with van der Waals surface area (Å²) in [5, 5.41) is 0. The largest absolute Gasteiger partial charge is 0.420 e. The van der Waals surface area contributed by atoms with E-state index in [0.29, 0.717) is 0 Å². The van der Waals surface area contributed by atoms with Crippen molar-refractivity contribution in [3.63, 3.8) is 0 Å². The molecule has 0 aliphatic heterocycles. The highest BCUT2D eigenvalue weighted by Crippen LogP contribution is 2.30. The Balaban J connectivity index is 3.02. The second-order valence-corrected chi connectivity index (χ2v) is 4.81. The van der Waals surface area contributed by atoms with Crippen LogP contribution >= 0.6 is 0 Å². The summed E-state index contributed by atoms with van der Waals surface area (Å²) in [5.74, 6) is -9.17. The Bertz CT molecular complexity index is 489. The van der Waals surface area contributed by atoms with Crippen LogP contribution in [0.25, 0.3) is 0 Å². The quantitative estimate of drug-likeness (QED) is 0.362. The van der Waals surface area contributed by atoms with Gasteiger partial charge in [0, 0.05) is 19.8 Å². The van der Waals surface area contributed by atoms with Gasteiger partial charge in [0.2, 0.25) is 17.4 Å². The van der Waals surface area contributed by atoms with Crippen molar-refractivity contribution < 1.29 is 31.8 Å². The maximum Gasteiger partial charge on any atom is 0.317 e. The third-order valence-corrected chi connectivity index (χ3v) is 2.75. The van der Waals surface area contributed by atoms with E-state index in [4.69, 9.17) is 4.74 Å². The number of hydrogen-bond donors (Lipinski definition) is 0. The zero-order valence-corrected chi connectivity index (χ0v) is 11.2. The van der Waals surface area contributed by atoms with Gasteiger partial charge in [-0.05, 0) is 20.3 Å². The van der Waals surface area contributed by atoms with Gasteiger partial charge in [-0.2, -0.15) is 8.78 Å². The number of halogens is 4. The molecule has 0 aromatic heterocycles. The lowest BCUT2D eigenvalue weighted by Gasteiger charge is -2.22. The molecule has 0 N–H and O–H groups in total. The average Bonchev–Trinajstić information content (AvgIpc) is 2.38. The van der Waals surface area contributed by atoms with E-state index < -0.39 is 40.4 Å². The van der Waals surface area contributed by atoms with Crippen LogP contribution in [-0.2, 0) is 9.53 Å². The van der Waals surface area contributed by atoms with Gasteiger partial charge in [-0.3, -0.25) is 4.79 Å². The Kier molecular flexibility index (Phi) is 5.10. The van der Waals surface area contributed by atoms with Crippen LogP contribution in [0.2, 0.25) is 0 Å². The molecule has 7 heteroatoms. The van der Waals surface area contributed by atoms with Crippen LogP contribution in [-0.4, -0.2) is 19.7 Å². The summed E-state index contributed by atoms with van der Waals surface area (Å²) in [7, 11) is 1.42. The number of rotatable bonds is 5. The lowest BCUT2D eigenvalue weighted by atomic mass is 9.90. The number of methoxy groups -OCH3 is 1. The molecule has 20 heavy (non-hydrogen) atoms. The standard InChI is InChI=1S/C13H14F4O3/c1-13(2,4-5-19-3)12(18)20-11-9(16)7(14)6-8(15)10(11)17/h6H,4-5H2,1-3H3. The predicted molar refractivity (Wildman–Crippen MR) is 62.2 cm³/mol. The van der Waals surface area contributed by atoms with Gasteiger partial charge in [-0.25, -0.2) is 8.78 Å². The number of carbonyl (C=O) groups excluding carboxylic acids is 1. The number of esters is 1. The van der Waals surface area contributed by atoms with Crippen molar-refractivity contribution in [1.29, 1.82) is 0 Å². The molecule has 0 heterocycles. The van der Waals surface area contributed by atoms with Crippen LogP contribution in [0.4, 0.5) is 17.6 Å². The molecule has 3 nitrogen and oxygen atoms in total. The minimum Gasteiger partial charge on any atom is -0.420 e. The molecule has 0 saturated heterocycles. The van der Waals surface area contributed by atoms with E-state index in [1.54, 1.807) is 0 Å². The van der Waals surface area contributed by atoms with E-state index in [9.17, 15) is 22.4 Å². The Morgan fingerprint density at radius 3 is 2.10 bits per heavy atom. The summed E-state index contributed by atoms with van der Waals surface area (Å²) >= 11 is 0. The van der Waals surface area contributed by atoms with Crippen LogP contribution in [0.15, 0.2) is 6.07 Å². The Labute approximate surface area is 113 Å². The van der Waals surface area contributed by atoms with Crippen molar-refractivity contribution in [2.75, 3.05) is 13.7 Å². The molecule has 0 unspecified atom stereocenters. The number of benzene rings is 1. The molecule has 0 fully saturated rings. The molecule has 1 aromatic rings. The van der Waals surface area contributed by atoms with Gasteiger partial charge in [0.15, 0.2) is 11.6 Å². The first-order chi connectivity index (χ1) is 9.20. The second-order valence-electron chi connectivity index (χ2n) is 4.81. The fourth-order valence-corrected chi connectivity index (χ4v) is 1.33. The van der Waals surface area contributed by atoms with Gasteiger partial charge in [0.05, 0.1) is 5.41 Å². The van der Waals surface area contributed by atoms with Gasteiger partial charge >= 0.3 is 5.97 Å². The second kappa shape index (κ2) is 6.21. The maximum atomic E-state index is 13.4. The first-order valence-electron chi connectivity index (χ1n) is 5.75. The minimum atomic E-state index is -1.75. The highest BCUT2D eigenvalue weighted by atomic mass is 19.2. The molecule has 0 bridgehead atoms. The summed E-state index contributed by atoms with van der Waals surface area (Å²) in [5.41, 5.74) is -1.13. The Morgan fingerprint density at radius 2 is 1.65 bits per heavy atom. The Hall–Kier alpha value is -1.63. The fraction of sp³-hybridized carbons (Fsp3) is 0.462. The molecule has 0 radical (unpaired) electrons. The van der Waals surface area contributed by atoms with Crippen molar-refractivity contribution in [2.45, 2.75) is 20.3 Å². The topological polar surface area (TPSA) is 35.5 Å². The number of hydrogen-bond acceptors (Lipinski definition) is 3. The highest BCUT2D eigenvalue weighted by molar-refractivity contribution is 5.78. The SMILES string of the molecule is COCCC(C)(C)C(=O)Oc1c(F)c(F)cc(F)c1F. The van der Waals surface area contributed by atoms with Crippen LogP contribution in [0.5, 0.6) is 5.75 Å². The van der Waals surface area contributed by atoms with Crippen molar-refractivity contribution in [1.82, 2.24) is 0 Å². The van der Waals surface area contributed by atoms with Crippen molar-refractivity contribution in [2.24, 2.45) is 5.41 Å². The van der Waals surface area contributed by atoms with Crippen LogP contribution in [0.1, 0.15) is 20.3 Å². The van der Waals surface area contributed by atoms with E-state index in [1.807, 2.05) is 0 Å². The van der Waals surface area contributed by atoms with E-state index >= 15 is 0 Å². The lowest BCUT2D eigenvalue weighted by Crippen LogP contribution is -2.31. The van der Waals surface area contributed by atoms with Crippen molar-refractivity contribution >= 4 is 5.97 Å². The molecule has 1 aromatic carbocycles. The summed E-state index contributed by atoms with van der Waals surface area (Å²) in [6.07, 6.45) is 0.212.